The number of thioether (sulfide) groups is 1. The fraction of sp³-hybridized carbons (Fsp3) is 0.208. The van der Waals surface area contributed by atoms with Crippen LogP contribution in [-0.4, -0.2) is 39.1 Å². The summed E-state index contributed by atoms with van der Waals surface area (Å²) in [6, 6.07) is 17.8. The molecule has 1 aliphatic heterocycles. The van der Waals surface area contributed by atoms with Crippen molar-refractivity contribution in [3.8, 4) is 0 Å². The van der Waals surface area contributed by atoms with Gasteiger partial charge in [0.05, 0.1) is 4.91 Å². The van der Waals surface area contributed by atoms with Crippen LogP contribution in [0.5, 0.6) is 0 Å². The first-order valence-electron chi connectivity index (χ1n) is 10.2. The zero-order chi connectivity index (χ0) is 21.6. The van der Waals surface area contributed by atoms with E-state index in [1.54, 1.807) is 4.90 Å². The molecule has 2 heterocycles. The average Bonchev–Trinajstić information content (AvgIpc) is 3.30. The molecule has 4 rings (SSSR count). The van der Waals surface area contributed by atoms with Gasteiger partial charge in [-0.25, -0.2) is 0 Å². The molecule has 2 amide bonds. The van der Waals surface area contributed by atoms with E-state index >= 15 is 0 Å². The number of carbonyl (C=O) groups is 2. The minimum absolute atomic E-state index is 0.00916. The molecule has 1 saturated heterocycles. The molecule has 7 heteroatoms. The molecular formula is C24H23N3O2S2. The number of thiocarbonyl (C=S) groups is 1. The van der Waals surface area contributed by atoms with Crippen LogP contribution in [0.1, 0.15) is 24.0 Å². The van der Waals surface area contributed by atoms with Crippen molar-refractivity contribution < 1.29 is 9.59 Å². The zero-order valence-electron chi connectivity index (χ0n) is 17.0. The van der Waals surface area contributed by atoms with Crippen molar-refractivity contribution in [3.05, 3.63) is 76.8 Å². The second-order valence-corrected chi connectivity index (χ2v) is 8.98. The lowest BCUT2D eigenvalue weighted by molar-refractivity contribution is -0.123. The van der Waals surface area contributed by atoms with E-state index in [0.717, 1.165) is 17.5 Å². The van der Waals surface area contributed by atoms with E-state index in [-0.39, 0.29) is 11.8 Å². The van der Waals surface area contributed by atoms with Crippen LogP contribution in [0, 0.1) is 0 Å². The number of fused-ring (bicyclic) bond motifs is 1. The predicted molar refractivity (Wildman–Crippen MR) is 131 cm³/mol. The number of hydrogen-bond acceptors (Lipinski definition) is 4. The van der Waals surface area contributed by atoms with Gasteiger partial charge in [-0.2, -0.15) is 0 Å². The quantitative estimate of drug-likeness (QED) is 0.392. The molecule has 0 radical (unpaired) electrons. The van der Waals surface area contributed by atoms with Gasteiger partial charge in [0.1, 0.15) is 4.32 Å². The number of benzene rings is 2. The largest absolute Gasteiger partial charge is 0.361 e. The van der Waals surface area contributed by atoms with Gasteiger partial charge in [-0.3, -0.25) is 14.5 Å². The Kier molecular flexibility index (Phi) is 6.84. The summed E-state index contributed by atoms with van der Waals surface area (Å²) in [4.78, 5) is 30.3. The van der Waals surface area contributed by atoms with Gasteiger partial charge in [0.2, 0.25) is 5.91 Å². The normalized spacial score (nSPS) is 15.2. The van der Waals surface area contributed by atoms with Gasteiger partial charge < -0.3 is 10.3 Å². The van der Waals surface area contributed by atoms with Crippen molar-refractivity contribution in [1.82, 2.24) is 15.2 Å². The van der Waals surface area contributed by atoms with Crippen molar-refractivity contribution >= 4 is 57.1 Å². The number of rotatable bonds is 8. The molecule has 0 aliphatic carbocycles. The number of amides is 2. The first-order valence-corrected chi connectivity index (χ1v) is 11.5. The molecule has 1 fully saturated rings. The minimum atomic E-state index is -0.0846. The highest BCUT2D eigenvalue weighted by atomic mass is 32.2. The number of aromatic amines is 1. The van der Waals surface area contributed by atoms with E-state index in [4.69, 9.17) is 12.2 Å². The van der Waals surface area contributed by atoms with Gasteiger partial charge >= 0.3 is 0 Å². The summed E-state index contributed by atoms with van der Waals surface area (Å²) in [5.74, 6) is -0.0938. The summed E-state index contributed by atoms with van der Waals surface area (Å²) in [7, 11) is 0. The standard InChI is InChI=1S/C24H23N3O2S2/c28-22(25-13-12-18-16-26-20-10-5-4-9-19(18)20)11-6-14-27-23(29)21(31-24(27)30)15-17-7-2-1-3-8-17/h1-5,7-10,15-16,26H,6,11-14H2,(H,25,28)/b21-15-. The smallest absolute Gasteiger partial charge is 0.266 e. The average molecular weight is 450 g/mol. The summed E-state index contributed by atoms with van der Waals surface area (Å²) in [6.07, 6.45) is 5.56. The zero-order valence-corrected chi connectivity index (χ0v) is 18.6. The molecule has 31 heavy (non-hydrogen) atoms. The summed E-state index contributed by atoms with van der Waals surface area (Å²) in [5.41, 5.74) is 3.27. The highest BCUT2D eigenvalue weighted by molar-refractivity contribution is 8.26. The third-order valence-electron chi connectivity index (χ3n) is 5.15. The van der Waals surface area contributed by atoms with Crippen LogP contribution < -0.4 is 5.32 Å². The fourth-order valence-electron chi connectivity index (χ4n) is 3.55. The van der Waals surface area contributed by atoms with Gasteiger partial charge in [-0.1, -0.05) is 72.5 Å². The Morgan fingerprint density at radius 3 is 2.74 bits per heavy atom. The number of aromatic nitrogens is 1. The Morgan fingerprint density at radius 2 is 1.90 bits per heavy atom. The molecule has 0 saturated carbocycles. The number of para-hydroxylation sites is 1. The maximum Gasteiger partial charge on any atom is 0.266 e. The number of nitrogens with zero attached hydrogens (tertiary/aromatic N) is 1. The Hall–Kier alpha value is -2.90. The number of carbonyl (C=O) groups excluding carboxylic acids is 2. The second-order valence-electron chi connectivity index (χ2n) is 7.31. The van der Waals surface area contributed by atoms with Gasteiger partial charge in [0.15, 0.2) is 0 Å². The molecule has 1 aromatic heterocycles. The van der Waals surface area contributed by atoms with E-state index in [1.165, 1.54) is 22.7 Å². The molecule has 0 bridgehead atoms. The lowest BCUT2D eigenvalue weighted by Gasteiger charge is -2.14. The monoisotopic (exact) mass is 449 g/mol. The van der Waals surface area contributed by atoms with Crippen molar-refractivity contribution in [2.75, 3.05) is 13.1 Å². The van der Waals surface area contributed by atoms with Gasteiger partial charge in [0, 0.05) is 36.6 Å². The topological polar surface area (TPSA) is 65.2 Å². The van der Waals surface area contributed by atoms with E-state index in [1.807, 2.05) is 60.8 Å². The molecule has 0 atom stereocenters. The molecular weight excluding hydrogens is 426 g/mol. The van der Waals surface area contributed by atoms with Gasteiger partial charge in [-0.05, 0) is 36.1 Å². The lowest BCUT2D eigenvalue weighted by Crippen LogP contribution is -2.31. The van der Waals surface area contributed by atoms with E-state index in [0.29, 0.717) is 35.2 Å². The molecule has 0 spiro atoms. The van der Waals surface area contributed by atoms with Crippen LogP contribution in [0.3, 0.4) is 0 Å². The summed E-state index contributed by atoms with van der Waals surface area (Å²) < 4.78 is 0.548. The Labute approximate surface area is 190 Å². The lowest BCUT2D eigenvalue weighted by atomic mass is 10.1. The van der Waals surface area contributed by atoms with Gasteiger partial charge in [-0.15, -0.1) is 0 Å². The van der Waals surface area contributed by atoms with Crippen LogP contribution in [0.2, 0.25) is 0 Å². The Balaban J connectivity index is 1.22. The van der Waals surface area contributed by atoms with Crippen molar-refractivity contribution in [3.63, 3.8) is 0 Å². The minimum Gasteiger partial charge on any atom is -0.361 e. The van der Waals surface area contributed by atoms with Crippen LogP contribution >= 0.6 is 24.0 Å². The molecule has 2 aromatic carbocycles. The highest BCUT2D eigenvalue weighted by Gasteiger charge is 2.31. The van der Waals surface area contributed by atoms with Crippen LogP contribution in [0.25, 0.3) is 17.0 Å². The highest BCUT2D eigenvalue weighted by Crippen LogP contribution is 2.32. The number of H-pyrrole nitrogens is 1. The summed E-state index contributed by atoms with van der Waals surface area (Å²) >= 11 is 6.68. The van der Waals surface area contributed by atoms with E-state index in [9.17, 15) is 9.59 Å². The molecule has 1 aliphatic rings. The fourth-order valence-corrected chi connectivity index (χ4v) is 4.86. The van der Waals surface area contributed by atoms with Crippen LogP contribution in [0.4, 0.5) is 0 Å². The maximum absolute atomic E-state index is 12.7. The SMILES string of the molecule is O=C(CCCN1C(=O)/C(=C/c2ccccc2)SC1=S)NCCc1c[nH]c2ccccc12. The molecule has 158 valence electrons. The molecule has 0 unspecified atom stereocenters. The summed E-state index contributed by atoms with van der Waals surface area (Å²) in [6.45, 7) is 1.04. The van der Waals surface area contributed by atoms with E-state index in [2.05, 4.69) is 16.4 Å². The first-order chi connectivity index (χ1) is 15.1. The van der Waals surface area contributed by atoms with Crippen molar-refractivity contribution in [1.29, 1.82) is 0 Å². The second kappa shape index (κ2) is 9.94. The molecule has 5 nitrogen and oxygen atoms in total. The van der Waals surface area contributed by atoms with Crippen molar-refractivity contribution in [2.45, 2.75) is 19.3 Å². The summed E-state index contributed by atoms with van der Waals surface area (Å²) in [5, 5.41) is 4.16. The van der Waals surface area contributed by atoms with Gasteiger partial charge in [0.25, 0.3) is 5.91 Å². The number of nitrogens with one attached hydrogen (secondary N) is 2. The Bertz CT molecular complexity index is 1140. The van der Waals surface area contributed by atoms with Crippen molar-refractivity contribution in [2.24, 2.45) is 0 Å². The third kappa shape index (κ3) is 5.24. The van der Waals surface area contributed by atoms with E-state index < -0.39 is 0 Å². The molecule has 2 N–H and O–H groups in total. The van der Waals surface area contributed by atoms with Crippen LogP contribution in [-0.2, 0) is 16.0 Å². The predicted octanol–water partition coefficient (Wildman–Crippen LogP) is 4.51. The first kappa shape index (κ1) is 21.3. The number of hydrogen-bond donors (Lipinski definition) is 2. The molecule has 3 aromatic rings. The third-order valence-corrected chi connectivity index (χ3v) is 6.53. The Morgan fingerprint density at radius 1 is 1.13 bits per heavy atom. The maximum atomic E-state index is 12.7. The van der Waals surface area contributed by atoms with Crippen LogP contribution in [0.15, 0.2) is 65.7 Å².